The molecule has 25 heavy (non-hydrogen) atoms. The molecule has 0 atom stereocenters. The number of thioether (sulfide) groups is 1. The Bertz CT molecular complexity index is 917. The molecule has 9 nitrogen and oxygen atoms in total. The van der Waals surface area contributed by atoms with Gasteiger partial charge in [0.15, 0.2) is 5.16 Å². The molecule has 3 N–H and O–H groups in total. The van der Waals surface area contributed by atoms with E-state index in [9.17, 15) is 4.79 Å². The number of aromatic nitrogens is 4. The van der Waals surface area contributed by atoms with Gasteiger partial charge in [-0.1, -0.05) is 23.0 Å². The van der Waals surface area contributed by atoms with Gasteiger partial charge in [-0.05, 0) is 12.1 Å². The molecule has 0 aliphatic heterocycles. The number of nitrogens with zero attached hydrogens (tertiary/aromatic N) is 3. The summed E-state index contributed by atoms with van der Waals surface area (Å²) < 4.78 is 15.9. The molecule has 0 aliphatic rings. The van der Waals surface area contributed by atoms with E-state index in [0.29, 0.717) is 39.7 Å². The number of nitrogen functional groups attached to an aromatic ring is 1. The van der Waals surface area contributed by atoms with E-state index in [4.69, 9.17) is 19.7 Å². The highest BCUT2D eigenvalue weighted by Crippen LogP contribution is 2.36. The first-order valence-electron chi connectivity index (χ1n) is 7.14. The number of methoxy groups -OCH3 is 2. The normalized spacial score (nSPS) is 10.6. The summed E-state index contributed by atoms with van der Waals surface area (Å²) in [5.74, 6) is 2.31. The summed E-state index contributed by atoms with van der Waals surface area (Å²) in [6.45, 7) is 0. The third kappa shape index (κ3) is 3.74. The van der Waals surface area contributed by atoms with Gasteiger partial charge >= 0.3 is 0 Å². The van der Waals surface area contributed by atoms with E-state index in [1.165, 1.54) is 17.8 Å². The molecular formula is C15H15N5O4S. The van der Waals surface area contributed by atoms with Crippen LogP contribution in [-0.2, 0) is 5.75 Å². The van der Waals surface area contributed by atoms with Crippen molar-refractivity contribution in [3.63, 3.8) is 0 Å². The minimum atomic E-state index is -0.319. The lowest BCUT2D eigenvalue weighted by Gasteiger charge is -2.09. The second kappa shape index (κ2) is 7.26. The Kier molecular flexibility index (Phi) is 4.89. The fourth-order valence-corrected chi connectivity index (χ4v) is 2.86. The van der Waals surface area contributed by atoms with Crippen LogP contribution in [0.5, 0.6) is 11.5 Å². The summed E-state index contributed by atoms with van der Waals surface area (Å²) in [6.07, 6.45) is 0. The number of rotatable bonds is 6. The molecule has 3 rings (SSSR count). The lowest BCUT2D eigenvalue weighted by Crippen LogP contribution is -2.09. The van der Waals surface area contributed by atoms with Gasteiger partial charge in [0.2, 0.25) is 11.7 Å². The number of aromatic amines is 1. The van der Waals surface area contributed by atoms with Crippen LogP contribution in [0.3, 0.4) is 0 Å². The molecule has 0 aliphatic carbocycles. The first kappa shape index (κ1) is 16.8. The zero-order valence-corrected chi connectivity index (χ0v) is 14.3. The average molecular weight is 361 g/mol. The van der Waals surface area contributed by atoms with Crippen LogP contribution in [0.15, 0.2) is 38.7 Å². The van der Waals surface area contributed by atoms with Crippen molar-refractivity contribution in [2.45, 2.75) is 10.9 Å². The van der Waals surface area contributed by atoms with Gasteiger partial charge in [-0.15, -0.1) is 0 Å². The maximum absolute atomic E-state index is 11.4. The van der Waals surface area contributed by atoms with Crippen molar-refractivity contribution in [3.05, 3.63) is 40.5 Å². The maximum atomic E-state index is 11.4. The Hall–Kier alpha value is -3.01. The molecule has 0 amide bonds. The first-order chi connectivity index (χ1) is 12.1. The van der Waals surface area contributed by atoms with Crippen LogP contribution in [-0.4, -0.2) is 34.3 Å². The molecule has 10 heteroatoms. The predicted octanol–water partition coefficient (Wildman–Crippen LogP) is 1.71. The molecule has 130 valence electrons. The monoisotopic (exact) mass is 361 g/mol. The molecule has 0 spiro atoms. The second-order valence-corrected chi connectivity index (χ2v) is 5.78. The van der Waals surface area contributed by atoms with Gasteiger partial charge in [0.25, 0.3) is 5.56 Å². The van der Waals surface area contributed by atoms with E-state index in [-0.39, 0.29) is 11.4 Å². The largest absolute Gasteiger partial charge is 0.496 e. The highest BCUT2D eigenvalue weighted by molar-refractivity contribution is 7.98. The van der Waals surface area contributed by atoms with Gasteiger partial charge in [-0.2, -0.15) is 4.98 Å². The van der Waals surface area contributed by atoms with Crippen molar-refractivity contribution >= 4 is 17.6 Å². The van der Waals surface area contributed by atoms with Crippen molar-refractivity contribution in [2.24, 2.45) is 0 Å². The van der Waals surface area contributed by atoms with Crippen molar-refractivity contribution in [2.75, 3.05) is 20.0 Å². The molecule has 0 radical (unpaired) electrons. The average Bonchev–Trinajstić information content (AvgIpc) is 3.07. The van der Waals surface area contributed by atoms with Gasteiger partial charge in [0.05, 0.1) is 20.0 Å². The predicted molar refractivity (Wildman–Crippen MR) is 91.7 cm³/mol. The molecule has 0 unspecified atom stereocenters. The molecule has 0 saturated heterocycles. The van der Waals surface area contributed by atoms with Crippen LogP contribution in [0.1, 0.15) is 5.89 Å². The number of H-pyrrole nitrogens is 1. The molecule has 2 aromatic heterocycles. The Morgan fingerprint density at radius 2 is 1.96 bits per heavy atom. The highest BCUT2D eigenvalue weighted by atomic mass is 32.2. The third-order valence-corrected chi connectivity index (χ3v) is 4.05. The molecule has 1 aromatic carbocycles. The van der Waals surface area contributed by atoms with E-state index in [1.807, 2.05) is 0 Å². The highest BCUT2D eigenvalue weighted by Gasteiger charge is 2.18. The summed E-state index contributed by atoms with van der Waals surface area (Å²) >= 11 is 1.22. The number of hydrogen-bond acceptors (Lipinski definition) is 9. The summed E-state index contributed by atoms with van der Waals surface area (Å²) in [5.41, 5.74) is 5.83. The Morgan fingerprint density at radius 3 is 2.60 bits per heavy atom. The topological polar surface area (TPSA) is 129 Å². The zero-order chi connectivity index (χ0) is 17.8. The Labute approximate surface area is 146 Å². The van der Waals surface area contributed by atoms with Gasteiger partial charge in [-0.25, -0.2) is 4.98 Å². The number of nitrogens with two attached hydrogens (primary N) is 1. The van der Waals surface area contributed by atoms with Crippen molar-refractivity contribution < 1.29 is 14.0 Å². The van der Waals surface area contributed by atoms with E-state index in [1.54, 1.807) is 32.4 Å². The van der Waals surface area contributed by atoms with Crippen LogP contribution in [0.2, 0.25) is 0 Å². The summed E-state index contributed by atoms with van der Waals surface area (Å²) in [7, 11) is 3.11. The smallest absolute Gasteiger partial charge is 0.253 e. The van der Waals surface area contributed by atoms with Crippen LogP contribution >= 0.6 is 11.8 Å². The lowest BCUT2D eigenvalue weighted by atomic mass is 10.1. The second-order valence-electron chi connectivity index (χ2n) is 4.81. The minimum absolute atomic E-state index is 0.149. The number of nitrogens with one attached hydrogen (secondary N) is 1. The van der Waals surface area contributed by atoms with Gasteiger partial charge in [-0.3, -0.25) is 4.79 Å². The Balaban J connectivity index is 1.82. The van der Waals surface area contributed by atoms with E-state index >= 15 is 0 Å². The molecule has 0 fully saturated rings. The fourth-order valence-electron chi connectivity index (χ4n) is 2.14. The van der Waals surface area contributed by atoms with Crippen LogP contribution in [0, 0.1) is 0 Å². The number of ether oxygens (including phenoxy) is 2. The molecule has 2 heterocycles. The van der Waals surface area contributed by atoms with Gasteiger partial charge < -0.3 is 24.7 Å². The SMILES string of the molecule is COc1cccc(OC)c1-c1noc(CSc2nc(N)cc(=O)[nH]2)n1. The minimum Gasteiger partial charge on any atom is -0.496 e. The number of anilines is 1. The molecular weight excluding hydrogens is 346 g/mol. The van der Waals surface area contributed by atoms with Crippen LogP contribution in [0.4, 0.5) is 5.82 Å². The fraction of sp³-hybridized carbons (Fsp3) is 0.200. The molecule has 0 saturated carbocycles. The summed E-state index contributed by atoms with van der Waals surface area (Å²) in [5, 5.41) is 4.35. The maximum Gasteiger partial charge on any atom is 0.253 e. The van der Waals surface area contributed by atoms with Crippen LogP contribution < -0.4 is 20.8 Å². The third-order valence-electron chi connectivity index (χ3n) is 3.19. The van der Waals surface area contributed by atoms with Crippen molar-refractivity contribution in [3.8, 4) is 22.9 Å². The zero-order valence-electron chi connectivity index (χ0n) is 13.5. The van der Waals surface area contributed by atoms with Gasteiger partial charge in [0.1, 0.15) is 22.9 Å². The Morgan fingerprint density at radius 1 is 1.24 bits per heavy atom. The van der Waals surface area contributed by atoms with Crippen LogP contribution in [0.25, 0.3) is 11.4 Å². The lowest BCUT2D eigenvalue weighted by molar-refractivity contribution is 0.385. The van der Waals surface area contributed by atoms with E-state index < -0.39 is 0 Å². The summed E-state index contributed by atoms with van der Waals surface area (Å²) in [6, 6.07) is 6.58. The van der Waals surface area contributed by atoms with E-state index in [0.717, 1.165) is 0 Å². The molecule has 0 bridgehead atoms. The van der Waals surface area contributed by atoms with Crippen molar-refractivity contribution in [1.82, 2.24) is 20.1 Å². The first-order valence-corrected chi connectivity index (χ1v) is 8.13. The summed E-state index contributed by atoms with van der Waals surface area (Å²) in [4.78, 5) is 22.3. The van der Waals surface area contributed by atoms with Crippen molar-refractivity contribution in [1.29, 1.82) is 0 Å². The number of benzene rings is 1. The molecule has 3 aromatic rings. The van der Waals surface area contributed by atoms with Gasteiger partial charge in [0, 0.05) is 6.07 Å². The van der Waals surface area contributed by atoms with E-state index in [2.05, 4.69) is 20.1 Å². The quantitative estimate of drug-likeness (QED) is 0.498. The number of hydrogen-bond donors (Lipinski definition) is 2. The standard InChI is InChI=1S/C15H15N5O4S/c1-22-8-4-3-5-9(23-2)13(8)14-19-12(24-20-14)7-25-15-17-10(16)6-11(21)18-15/h3-6H,7H2,1-2H3,(H3,16,17,18,21).